The van der Waals surface area contributed by atoms with Crippen LogP contribution in [-0.2, 0) is 13.6 Å². The zero-order chi connectivity index (χ0) is 14.3. The molecule has 102 valence electrons. The van der Waals surface area contributed by atoms with E-state index in [4.69, 9.17) is 0 Å². The molecule has 2 heterocycles. The van der Waals surface area contributed by atoms with Crippen molar-refractivity contribution in [3.8, 4) is 0 Å². The zero-order valence-corrected chi connectivity index (χ0v) is 11.4. The van der Waals surface area contributed by atoms with Gasteiger partial charge in [0.2, 0.25) is 0 Å². The molecule has 0 amide bonds. The number of aromatic nitrogens is 3. The summed E-state index contributed by atoms with van der Waals surface area (Å²) in [5, 5.41) is 14.4. The smallest absolute Gasteiger partial charge is 0.339 e. The maximum Gasteiger partial charge on any atom is 0.339 e. The van der Waals surface area contributed by atoms with Crippen molar-refractivity contribution >= 4 is 16.9 Å². The molecule has 0 unspecified atom stereocenters. The molecular weight excluding hydrogens is 254 g/mol. The molecule has 2 aromatic heterocycles. The predicted molar refractivity (Wildman–Crippen MR) is 75.9 cm³/mol. The summed E-state index contributed by atoms with van der Waals surface area (Å²) in [5.41, 5.74) is 3.22. The molecule has 5 nitrogen and oxygen atoms in total. The number of rotatable bonds is 3. The molecule has 20 heavy (non-hydrogen) atoms. The summed E-state index contributed by atoms with van der Waals surface area (Å²) in [5.74, 6) is -0.944. The second-order valence-corrected chi connectivity index (χ2v) is 4.94. The van der Waals surface area contributed by atoms with Crippen LogP contribution in [0.1, 0.15) is 21.6 Å². The highest BCUT2D eigenvalue weighted by atomic mass is 16.4. The van der Waals surface area contributed by atoms with E-state index in [0.717, 1.165) is 10.9 Å². The lowest BCUT2D eigenvalue weighted by molar-refractivity contribution is 0.0695. The third-order valence-corrected chi connectivity index (χ3v) is 3.54. The summed E-state index contributed by atoms with van der Waals surface area (Å²) < 4.78 is 3.66. The molecule has 0 atom stereocenters. The monoisotopic (exact) mass is 269 g/mol. The normalized spacial score (nSPS) is 11.1. The third-order valence-electron chi connectivity index (χ3n) is 3.54. The van der Waals surface area contributed by atoms with Gasteiger partial charge in [-0.05, 0) is 30.0 Å². The summed E-state index contributed by atoms with van der Waals surface area (Å²) >= 11 is 0. The fraction of sp³-hybridized carbons (Fsp3) is 0.200. The van der Waals surface area contributed by atoms with Gasteiger partial charge >= 0.3 is 5.97 Å². The highest BCUT2D eigenvalue weighted by Crippen LogP contribution is 2.19. The highest BCUT2D eigenvalue weighted by Gasteiger charge is 2.15. The van der Waals surface area contributed by atoms with Crippen LogP contribution < -0.4 is 0 Å². The first-order valence-corrected chi connectivity index (χ1v) is 6.36. The lowest BCUT2D eigenvalue weighted by atomic mass is 10.2. The first-order chi connectivity index (χ1) is 9.56. The summed E-state index contributed by atoms with van der Waals surface area (Å²) in [6.45, 7) is 2.54. The van der Waals surface area contributed by atoms with Crippen LogP contribution in [0.5, 0.6) is 0 Å². The molecule has 1 N–H and O–H groups in total. The summed E-state index contributed by atoms with van der Waals surface area (Å²) in [6.07, 6.45) is 3.37. The standard InChI is InChI=1S/C15H15N3O2/c1-10-3-4-11-5-6-18(13(11)7-10)9-14-12(15(19)20)8-16-17(14)2/h3-8H,9H2,1-2H3,(H,19,20). The van der Waals surface area contributed by atoms with Crippen molar-refractivity contribution in [3.63, 3.8) is 0 Å². The van der Waals surface area contributed by atoms with E-state index in [9.17, 15) is 9.90 Å². The van der Waals surface area contributed by atoms with E-state index < -0.39 is 5.97 Å². The van der Waals surface area contributed by atoms with Gasteiger partial charge in [-0.15, -0.1) is 0 Å². The first kappa shape index (κ1) is 12.5. The molecule has 0 saturated carbocycles. The van der Waals surface area contributed by atoms with E-state index in [1.54, 1.807) is 11.7 Å². The fourth-order valence-electron chi connectivity index (χ4n) is 2.42. The van der Waals surface area contributed by atoms with Crippen molar-refractivity contribution in [2.45, 2.75) is 13.5 Å². The van der Waals surface area contributed by atoms with E-state index in [-0.39, 0.29) is 5.56 Å². The van der Waals surface area contributed by atoms with Crippen LogP contribution in [0, 0.1) is 6.92 Å². The summed E-state index contributed by atoms with van der Waals surface area (Å²) in [6, 6.07) is 8.28. The zero-order valence-electron chi connectivity index (χ0n) is 11.4. The Balaban J connectivity index is 2.08. The number of benzene rings is 1. The number of nitrogens with zero attached hydrogens (tertiary/aromatic N) is 3. The van der Waals surface area contributed by atoms with Gasteiger partial charge in [0, 0.05) is 18.8 Å². The second-order valence-electron chi connectivity index (χ2n) is 4.94. The minimum absolute atomic E-state index is 0.252. The van der Waals surface area contributed by atoms with Crippen LogP contribution in [0.3, 0.4) is 0 Å². The van der Waals surface area contributed by atoms with Crippen molar-refractivity contribution in [1.82, 2.24) is 14.3 Å². The minimum Gasteiger partial charge on any atom is -0.478 e. The maximum absolute atomic E-state index is 11.2. The molecule has 0 saturated heterocycles. The van der Waals surface area contributed by atoms with Gasteiger partial charge in [0.05, 0.1) is 18.4 Å². The number of carbonyl (C=O) groups is 1. The average molecular weight is 269 g/mol. The lowest BCUT2D eigenvalue weighted by Gasteiger charge is -2.08. The van der Waals surface area contributed by atoms with E-state index in [2.05, 4.69) is 23.3 Å². The number of aryl methyl sites for hydroxylation is 2. The molecule has 0 bridgehead atoms. The van der Waals surface area contributed by atoms with Crippen LogP contribution in [-0.4, -0.2) is 25.4 Å². The summed E-state index contributed by atoms with van der Waals surface area (Å²) in [4.78, 5) is 11.2. The molecule has 0 fully saturated rings. The van der Waals surface area contributed by atoms with E-state index in [1.165, 1.54) is 11.8 Å². The SMILES string of the molecule is Cc1ccc2ccn(Cc3c(C(=O)O)cnn3C)c2c1. The first-order valence-electron chi connectivity index (χ1n) is 6.36. The number of carboxylic acid groups (broad SMARTS) is 1. The van der Waals surface area contributed by atoms with Crippen LogP contribution in [0.2, 0.25) is 0 Å². The highest BCUT2D eigenvalue weighted by molar-refractivity contribution is 5.88. The Morgan fingerprint density at radius 3 is 2.90 bits per heavy atom. The Morgan fingerprint density at radius 2 is 2.15 bits per heavy atom. The van der Waals surface area contributed by atoms with Crippen molar-refractivity contribution in [3.05, 3.63) is 53.5 Å². The number of hydrogen-bond donors (Lipinski definition) is 1. The molecule has 0 aliphatic carbocycles. The molecule has 0 aliphatic rings. The van der Waals surface area contributed by atoms with E-state index in [0.29, 0.717) is 12.2 Å². The van der Waals surface area contributed by atoms with Crippen LogP contribution in [0.4, 0.5) is 0 Å². The number of aromatic carboxylic acids is 1. The molecule has 3 aromatic rings. The third kappa shape index (κ3) is 1.97. The quantitative estimate of drug-likeness (QED) is 0.794. The Bertz CT molecular complexity index is 799. The van der Waals surface area contributed by atoms with Crippen molar-refractivity contribution in [2.24, 2.45) is 7.05 Å². The van der Waals surface area contributed by atoms with Crippen molar-refractivity contribution < 1.29 is 9.90 Å². The van der Waals surface area contributed by atoms with Gasteiger partial charge in [-0.25, -0.2) is 4.79 Å². The molecule has 1 aromatic carbocycles. The molecule has 5 heteroatoms. The largest absolute Gasteiger partial charge is 0.478 e. The predicted octanol–water partition coefficient (Wildman–Crippen LogP) is 2.43. The van der Waals surface area contributed by atoms with Gasteiger partial charge < -0.3 is 9.67 Å². The maximum atomic E-state index is 11.2. The van der Waals surface area contributed by atoms with Crippen LogP contribution in [0.15, 0.2) is 36.7 Å². The van der Waals surface area contributed by atoms with Crippen LogP contribution in [0.25, 0.3) is 10.9 Å². The molecular formula is C15H15N3O2. The van der Waals surface area contributed by atoms with E-state index in [1.807, 2.05) is 23.8 Å². The van der Waals surface area contributed by atoms with Crippen molar-refractivity contribution in [2.75, 3.05) is 0 Å². The van der Waals surface area contributed by atoms with Gasteiger partial charge in [-0.1, -0.05) is 12.1 Å². The minimum atomic E-state index is -0.944. The van der Waals surface area contributed by atoms with E-state index >= 15 is 0 Å². The fourth-order valence-corrected chi connectivity index (χ4v) is 2.42. The Kier molecular flexibility index (Phi) is 2.82. The lowest BCUT2D eigenvalue weighted by Crippen LogP contribution is -2.09. The average Bonchev–Trinajstić information content (AvgIpc) is 2.95. The van der Waals surface area contributed by atoms with Crippen molar-refractivity contribution in [1.29, 1.82) is 0 Å². The van der Waals surface area contributed by atoms with Gasteiger partial charge in [0.15, 0.2) is 0 Å². The molecule has 3 rings (SSSR count). The molecule has 0 aliphatic heterocycles. The topological polar surface area (TPSA) is 60.1 Å². The Hall–Kier alpha value is -2.56. The number of carboxylic acids is 1. The molecule has 0 radical (unpaired) electrons. The Labute approximate surface area is 116 Å². The van der Waals surface area contributed by atoms with Gasteiger partial charge in [0.25, 0.3) is 0 Å². The van der Waals surface area contributed by atoms with Crippen LogP contribution >= 0.6 is 0 Å². The summed E-state index contributed by atoms with van der Waals surface area (Å²) in [7, 11) is 1.76. The molecule has 0 spiro atoms. The Morgan fingerprint density at radius 1 is 1.35 bits per heavy atom. The second kappa shape index (κ2) is 4.52. The van der Waals surface area contributed by atoms with Gasteiger partial charge in [-0.3, -0.25) is 4.68 Å². The van der Waals surface area contributed by atoms with Gasteiger partial charge in [0.1, 0.15) is 5.56 Å². The van der Waals surface area contributed by atoms with Gasteiger partial charge in [-0.2, -0.15) is 5.10 Å². The number of hydrogen-bond acceptors (Lipinski definition) is 2. The number of fused-ring (bicyclic) bond motifs is 1.